The Balaban J connectivity index is 1.40. The zero-order chi connectivity index (χ0) is 21.6. The van der Waals surface area contributed by atoms with Gasteiger partial charge in [-0.15, -0.1) is 11.3 Å². The molecule has 0 saturated carbocycles. The second kappa shape index (κ2) is 7.54. The van der Waals surface area contributed by atoms with Crippen molar-refractivity contribution in [3.8, 4) is 0 Å². The summed E-state index contributed by atoms with van der Waals surface area (Å²) in [5.74, 6) is 0.816. The van der Waals surface area contributed by atoms with Gasteiger partial charge in [0.15, 0.2) is 0 Å². The molecule has 3 heterocycles. The number of nitrogens with zero attached hydrogens (tertiary/aromatic N) is 4. The van der Waals surface area contributed by atoms with E-state index in [0.717, 1.165) is 41.0 Å². The van der Waals surface area contributed by atoms with Crippen molar-refractivity contribution in [1.82, 2.24) is 19.9 Å². The Hall–Kier alpha value is -3.11. The minimum Gasteiger partial charge on any atom is -0.340 e. The summed E-state index contributed by atoms with van der Waals surface area (Å²) < 4.78 is 27.9. The molecule has 0 radical (unpaired) electrons. The molecule has 5 rings (SSSR count). The van der Waals surface area contributed by atoms with E-state index in [2.05, 4.69) is 30.0 Å². The highest BCUT2D eigenvalue weighted by molar-refractivity contribution is 7.92. The first-order chi connectivity index (χ1) is 14.9. The average Bonchev–Trinajstić information content (AvgIpc) is 3.28. The molecule has 158 valence electrons. The predicted molar refractivity (Wildman–Crippen MR) is 121 cm³/mol. The number of aromatic nitrogens is 4. The third kappa shape index (κ3) is 3.84. The van der Waals surface area contributed by atoms with E-state index in [4.69, 9.17) is 0 Å². The van der Waals surface area contributed by atoms with E-state index < -0.39 is 10.0 Å². The van der Waals surface area contributed by atoms with Crippen molar-refractivity contribution in [2.24, 2.45) is 0 Å². The zero-order valence-electron chi connectivity index (χ0n) is 17.0. The number of sulfonamides is 1. The summed E-state index contributed by atoms with van der Waals surface area (Å²) in [6.45, 7) is 3.58. The van der Waals surface area contributed by atoms with Crippen LogP contribution in [0.15, 0.2) is 41.6 Å². The van der Waals surface area contributed by atoms with E-state index in [1.165, 1.54) is 10.4 Å². The van der Waals surface area contributed by atoms with Gasteiger partial charge in [-0.1, -0.05) is 0 Å². The summed E-state index contributed by atoms with van der Waals surface area (Å²) in [6.07, 6.45) is 4.86. The van der Waals surface area contributed by atoms with Crippen LogP contribution >= 0.6 is 11.3 Å². The molecule has 0 aliphatic heterocycles. The van der Waals surface area contributed by atoms with Crippen LogP contribution in [0.2, 0.25) is 0 Å². The quantitative estimate of drug-likeness (QED) is 0.468. The lowest BCUT2D eigenvalue weighted by Crippen LogP contribution is -2.15. The molecule has 0 atom stereocenters. The van der Waals surface area contributed by atoms with Gasteiger partial charge in [0.05, 0.1) is 10.3 Å². The maximum absolute atomic E-state index is 12.7. The van der Waals surface area contributed by atoms with E-state index in [1.54, 1.807) is 61.8 Å². The Morgan fingerprint density at radius 2 is 1.74 bits per heavy atom. The summed E-state index contributed by atoms with van der Waals surface area (Å²) in [5, 5.41) is 4.40. The van der Waals surface area contributed by atoms with Gasteiger partial charge in [0.1, 0.15) is 17.0 Å². The first kappa shape index (κ1) is 19.8. The molecule has 0 amide bonds. The number of fused-ring (bicyclic) bond motifs is 3. The molecule has 8 nitrogen and oxygen atoms in total. The van der Waals surface area contributed by atoms with Gasteiger partial charge in [-0.25, -0.2) is 33.1 Å². The van der Waals surface area contributed by atoms with Gasteiger partial charge in [-0.2, -0.15) is 0 Å². The summed E-state index contributed by atoms with van der Waals surface area (Å²) in [5.41, 5.74) is 3.47. The molecule has 3 aromatic heterocycles. The van der Waals surface area contributed by atoms with E-state index in [9.17, 15) is 8.42 Å². The minimum atomic E-state index is -3.80. The highest BCUT2D eigenvalue weighted by Gasteiger charge is 2.21. The minimum absolute atomic E-state index is 0.0643. The van der Waals surface area contributed by atoms with Gasteiger partial charge < -0.3 is 5.32 Å². The summed E-state index contributed by atoms with van der Waals surface area (Å²) in [4.78, 5) is 19.6. The van der Waals surface area contributed by atoms with Crippen LogP contribution in [0.3, 0.4) is 0 Å². The Labute approximate surface area is 183 Å². The fourth-order valence-electron chi connectivity index (χ4n) is 3.83. The van der Waals surface area contributed by atoms with Crippen LogP contribution in [0.1, 0.15) is 28.2 Å². The molecule has 4 aromatic rings. The number of thiophene rings is 1. The molecule has 0 fully saturated rings. The van der Waals surface area contributed by atoms with Crippen LogP contribution in [-0.2, 0) is 22.9 Å². The van der Waals surface area contributed by atoms with Gasteiger partial charge in [-0.3, -0.25) is 0 Å². The number of aryl methyl sites for hydroxylation is 4. The lowest BCUT2D eigenvalue weighted by atomic mass is 10.2. The van der Waals surface area contributed by atoms with Crippen LogP contribution in [0.5, 0.6) is 0 Å². The summed E-state index contributed by atoms with van der Waals surface area (Å²) in [6, 6.07) is 8.31. The second-order valence-corrected chi connectivity index (χ2v) is 10.3. The fraction of sp³-hybridized carbons (Fsp3) is 0.238. The molecule has 1 aromatic carbocycles. The van der Waals surface area contributed by atoms with E-state index in [0.29, 0.717) is 11.4 Å². The fourth-order valence-corrected chi connectivity index (χ4v) is 6.00. The predicted octanol–water partition coefficient (Wildman–Crippen LogP) is 4.13. The number of hydrogen-bond donors (Lipinski definition) is 2. The third-order valence-electron chi connectivity index (χ3n) is 5.14. The molecule has 10 heteroatoms. The normalized spacial score (nSPS) is 13.4. The largest absolute Gasteiger partial charge is 0.340 e. The Kier molecular flexibility index (Phi) is 4.82. The average molecular weight is 453 g/mol. The first-order valence-electron chi connectivity index (χ1n) is 9.86. The second-order valence-electron chi connectivity index (χ2n) is 7.49. The van der Waals surface area contributed by atoms with E-state index >= 15 is 0 Å². The smallest absolute Gasteiger partial charge is 0.264 e. The number of benzene rings is 1. The Morgan fingerprint density at radius 3 is 2.48 bits per heavy atom. The van der Waals surface area contributed by atoms with Crippen molar-refractivity contribution in [2.75, 3.05) is 10.0 Å². The lowest BCUT2D eigenvalue weighted by Gasteiger charge is -2.10. The first-order valence-corrected chi connectivity index (χ1v) is 12.2. The molecular formula is C21H20N6O2S2. The topological polar surface area (TPSA) is 110 Å². The van der Waals surface area contributed by atoms with Crippen LogP contribution in [0.25, 0.3) is 10.2 Å². The van der Waals surface area contributed by atoms with Crippen LogP contribution in [0.4, 0.5) is 17.5 Å². The SMILES string of the molecule is Cc1cc(C)nc(NS(=O)(=O)c2ccc(Nc3ncnc4sc5c(c34)CCC5)cc2)n1. The zero-order valence-corrected chi connectivity index (χ0v) is 18.6. The highest BCUT2D eigenvalue weighted by atomic mass is 32.2. The number of nitrogens with one attached hydrogen (secondary N) is 2. The number of anilines is 3. The molecular weight excluding hydrogens is 432 g/mol. The van der Waals surface area contributed by atoms with Gasteiger partial charge in [0.25, 0.3) is 10.0 Å². The van der Waals surface area contributed by atoms with Crippen LogP contribution in [-0.4, -0.2) is 28.4 Å². The molecule has 1 aliphatic carbocycles. The standard InChI is InChI=1S/C21H20N6O2S2/c1-12-10-13(2)25-21(24-12)27-31(28,29)15-8-6-14(7-9-15)26-19-18-16-4-3-5-17(16)30-20(18)23-11-22-19/h6-11H,3-5H2,1-2H3,(H,22,23,26)(H,24,25,27). The highest BCUT2D eigenvalue weighted by Crippen LogP contribution is 2.39. The lowest BCUT2D eigenvalue weighted by molar-refractivity contribution is 0.601. The molecule has 0 unspecified atom stereocenters. The molecule has 2 N–H and O–H groups in total. The van der Waals surface area contributed by atoms with E-state index in [1.807, 2.05) is 0 Å². The van der Waals surface area contributed by atoms with Crippen molar-refractivity contribution in [3.05, 3.63) is 58.5 Å². The van der Waals surface area contributed by atoms with Crippen molar-refractivity contribution in [3.63, 3.8) is 0 Å². The molecule has 0 bridgehead atoms. The molecule has 0 spiro atoms. The van der Waals surface area contributed by atoms with Crippen molar-refractivity contribution < 1.29 is 8.42 Å². The van der Waals surface area contributed by atoms with Gasteiger partial charge in [0, 0.05) is 22.0 Å². The molecule has 0 saturated heterocycles. The van der Waals surface area contributed by atoms with Crippen LogP contribution < -0.4 is 10.0 Å². The maximum atomic E-state index is 12.7. The summed E-state index contributed by atoms with van der Waals surface area (Å²) in [7, 11) is -3.80. The van der Waals surface area contributed by atoms with E-state index in [-0.39, 0.29) is 10.8 Å². The molecule has 1 aliphatic rings. The van der Waals surface area contributed by atoms with Crippen molar-refractivity contribution >= 4 is 49.0 Å². The van der Waals surface area contributed by atoms with Gasteiger partial charge in [0.2, 0.25) is 5.95 Å². The Bertz CT molecular complexity index is 1380. The van der Waals surface area contributed by atoms with Gasteiger partial charge >= 0.3 is 0 Å². The van der Waals surface area contributed by atoms with Gasteiger partial charge in [-0.05, 0) is 69.0 Å². The van der Waals surface area contributed by atoms with Crippen LogP contribution in [0, 0.1) is 13.8 Å². The van der Waals surface area contributed by atoms with Crippen molar-refractivity contribution in [2.45, 2.75) is 38.0 Å². The Morgan fingerprint density at radius 1 is 1.00 bits per heavy atom. The maximum Gasteiger partial charge on any atom is 0.264 e. The van der Waals surface area contributed by atoms with Crippen molar-refractivity contribution in [1.29, 1.82) is 0 Å². The number of hydrogen-bond acceptors (Lipinski definition) is 8. The molecule has 31 heavy (non-hydrogen) atoms. The third-order valence-corrected chi connectivity index (χ3v) is 7.68. The summed E-state index contributed by atoms with van der Waals surface area (Å²) >= 11 is 1.73. The number of rotatable bonds is 5. The monoisotopic (exact) mass is 452 g/mol.